The van der Waals surface area contributed by atoms with Crippen molar-refractivity contribution in [2.45, 2.75) is 44.3 Å². The van der Waals surface area contributed by atoms with Crippen LogP contribution in [-0.4, -0.2) is 35.9 Å². The Hall–Kier alpha value is -3.26. The zero-order valence-corrected chi connectivity index (χ0v) is 16.6. The van der Waals surface area contributed by atoms with Gasteiger partial charge in [-0.25, -0.2) is 0 Å². The minimum Gasteiger partial charge on any atom is -0.497 e. The van der Waals surface area contributed by atoms with Gasteiger partial charge >= 0.3 is 0 Å². The van der Waals surface area contributed by atoms with Crippen LogP contribution in [0.25, 0.3) is 0 Å². The summed E-state index contributed by atoms with van der Waals surface area (Å²) in [5.41, 5.74) is 3.71. The molecule has 29 heavy (non-hydrogen) atoms. The fourth-order valence-electron chi connectivity index (χ4n) is 4.02. The highest BCUT2D eigenvalue weighted by Gasteiger charge is 2.36. The van der Waals surface area contributed by atoms with E-state index in [1.54, 1.807) is 12.0 Å². The van der Waals surface area contributed by atoms with E-state index in [1.807, 2.05) is 49.4 Å². The van der Waals surface area contributed by atoms with Crippen LogP contribution in [0.5, 0.6) is 5.75 Å². The predicted molar refractivity (Wildman–Crippen MR) is 111 cm³/mol. The first-order valence-corrected chi connectivity index (χ1v) is 9.88. The third-order valence-electron chi connectivity index (χ3n) is 5.67. The summed E-state index contributed by atoms with van der Waals surface area (Å²) < 4.78 is 5.37. The number of fused-ring (bicyclic) bond motifs is 1. The number of carbonyl (C=O) groups is 2. The van der Waals surface area contributed by atoms with E-state index in [0.29, 0.717) is 18.0 Å². The first-order valence-electron chi connectivity index (χ1n) is 9.88. The second kappa shape index (κ2) is 7.63. The first kappa shape index (κ1) is 19.1. The van der Waals surface area contributed by atoms with Crippen molar-refractivity contribution >= 4 is 11.8 Å². The zero-order valence-electron chi connectivity index (χ0n) is 16.6. The smallest absolute Gasteiger partial charge is 0.299 e. The molecule has 5 nitrogen and oxygen atoms in total. The summed E-state index contributed by atoms with van der Waals surface area (Å²) in [5.74, 6) is 2.67. The SMILES string of the molecule is C#CC(=O)N1[C@@H](c2ccc(C(=O)NC3CC3)cc2)c2ccc(OC)cc2C[C@@H]1C. The van der Waals surface area contributed by atoms with Crippen LogP contribution in [0.15, 0.2) is 42.5 Å². The summed E-state index contributed by atoms with van der Waals surface area (Å²) in [6.07, 6.45) is 8.28. The number of benzene rings is 2. The maximum Gasteiger partial charge on any atom is 0.299 e. The molecule has 0 aromatic heterocycles. The van der Waals surface area contributed by atoms with Gasteiger partial charge in [-0.2, -0.15) is 0 Å². The largest absolute Gasteiger partial charge is 0.497 e. The van der Waals surface area contributed by atoms with E-state index in [9.17, 15) is 9.59 Å². The number of ether oxygens (including phenoxy) is 1. The molecule has 4 rings (SSSR count). The highest BCUT2D eigenvalue weighted by atomic mass is 16.5. The molecule has 0 bridgehead atoms. The van der Waals surface area contributed by atoms with Crippen LogP contribution in [-0.2, 0) is 11.2 Å². The van der Waals surface area contributed by atoms with Crippen molar-refractivity contribution in [3.8, 4) is 18.1 Å². The highest BCUT2D eigenvalue weighted by Crippen LogP contribution is 2.39. The molecule has 1 fully saturated rings. The van der Waals surface area contributed by atoms with Crippen LogP contribution in [0, 0.1) is 12.3 Å². The zero-order chi connectivity index (χ0) is 20.5. The molecule has 1 heterocycles. The van der Waals surface area contributed by atoms with Crippen molar-refractivity contribution in [1.29, 1.82) is 0 Å². The molecule has 0 spiro atoms. The molecule has 5 heteroatoms. The Bertz CT molecular complexity index is 986. The summed E-state index contributed by atoms with van der Waals surface area (Å²) in [5, 5.41) is 3.00. The Labute approximate surface area is 171 Å². The molecule has 2 aromatic carbocycles. The quantitative estimate of drug-likeness (QED) is 0.819. The Morgan fingerprint density at radius 2 is 1.90 bits per heavy atom. The monoisotopic (exact) mass is 388 g/mol. The van der Waals surface area contributed by atoms with Gasteiger partial charge in [0.2, 0.25) is 0 Å². The van der Waals surface area contributed by atoms with Gasteiger partial charge in [0.05, 0.1) is 13.2 Å². The van der Waals surface area contributed by atoms with Crippen molar-refractivity contribution in [3.05, 3.63) is 64.7 Å². The summed E-state index contributed by atoms with van der Waals surface area (Å²) in [6, 6.07) is 13.3. The molecule has 1 saturated carbocycles. The van der Waals surface area contributed by atoms with Gasteiger partial charge in [0.15, 0.2) is 0 Å². The van der Waals surface area contributed by atoms with Gasteiger partial charge in [0.1, 0.15) is 5.75 Å². The third kappa shape index (κ3) is 3.71. The molecule has 1 aliphatic carbocycles. The minimum absolute atomic E-state index is 0.0546. The van der Waals surface area contributed by atoms with Crippen LogP contribution in [0.4, 0.5) is 0 Å². The lowest BCUT2D eigenvalue weighted by Crippen LogP contribution is -2.45. The lowest BCUT2D eigenvalue weighted by atomic mass is 9.84. The molecule has 0 unspecified atom stereocenters. The summed E-state index contributed by atoms with van der Waals surface area (Å²) in [6.45, 7) is 2.00. The van der Waals surface area contributed by atoms with E-state index in [2.05, 4.69) is 11.2 Å². The van der Waals surface area contributed by atoms with Gasteiger partial charge in [-0.1, -0.05) is 18.2 Å². The van der Waals surface area contributed by atoms with Crippen LogP contribution in [0.1, 0.15) is 52.9 Å². The van der Waals surface area contributed by atoms with Crippen LogP contribution >= 0.6 is 0 Å². The Morgan fingerprint density at radius 1 is 1.17 bits per heavy atom. The number of hydrogen-bond donors (Lipinski definition) is 1. The van der Waals surface area contributed by atoms with Crippen molar-refractivity contribution in [2.24, 2.45) is 0 Å². The van der Waals surface area contributed by atoms with Crippen molar-refractivity contribution in [1.82, 2.24) is 10.2 Å². The standard InChI is InChI=1S/C24H24N2O3/c1-4-22(27)26-15(2)13-18-14-20(29-3)11-12-21(18)23(26)16-5-7-17(8-6-16)24(28)25-19-9-10-19/h1,5-8,11-12,14-15,19,23H,9-10,13H2,2-3H3,(H,25,28)/t15-,23-/m0/s1. The van der Waals surface area contributed by atoms with E-state index in [-0.39, 0.29) is 23.9 Å². The lowest BCUT2D eigenvalue weighted by molar-refractivity contribution is -0.129. The highest BCUT2D eigenvalue weighted by molar-refractivity contribution is 5.95. The number of terminal acetylenes is 1. The molecule has 1 N–H and O–H groups in total. The molecule has 0 saturated heterocycles. The van der Waals surface area contributed by atoms with E-state index in [0.717, 1.165) is 35.3 Å². The molecular weight excluding hydrogens is 364 g/mol. The Kier molecular flexibility index (Phi) is 5.02. The minimum atomic E-state index is -0.334. The number of nitrogens with one attached hydrogen (secondary N) is 1. The maximum absolute atomic E-state index is 12.6. The summed E-state index contributed by atoms with van der Waals surface area (Å²) in [7, 11) is 1.64. The second-order valence-electron chi connectivity index (χ2n) is 7.75. The molecule has 148 valence electrons. The number of amides is 2. The topological polar surface area (TPSA) is 58.6 Å². The summed E-state index contributed by atoms with van der Waals surface area (Å²) >= 11 is 0. The molecular formula is C24H24N2O3. The second-order valence-corrected chi connectivity index (χ2v) is 7.75. The maximum atomic E-state index is 12.6. The van der Waals surface area contributed by atoms with Crippen molar-refractivity contribution < 1.29 is 14.3 Å². The number of rotatable bonds is 4. The normalized spacial score (nSPS) is 20.4. The van der Waals surface area contributed by atoms with Crippen LogP contribution < -0.4 is 10.1 Å². The third-order valence-corrected chi connectivity index (χ3v) is 5.67. The van der Waals surface area contributed by atoms with E-state index in [1.165, 1.54) is 0 Å². The molecule has 2 amide bonds. The van der Waals surface area contributed by atoms with E-state index in [4.69, 9.17) is 11.2 Å². The fraction of sp³-hybridized carbons (Fsp3) is 0.333. The fourth-order valence-corrected chi connectivity index (χ4v) is 4.02. The number of carbonyl (C=O) groups excluding carboxylic acids is 2. The van der Waals surface area contributed by atoms with Crippen LogP contribution in [0.3, 0.4) is 0 Å². The number of methoxy groups -OCH3 is 1. The Balaban J connectivity index is 1.72. The van der Waals surface area contributed by atoms with E-state index >= 15 is 0 Å². The van der Waals surface area contributed by atoms with Gasteiger partial charge in [-0.05, 0) is 73.1 Å². The van der Waals surface area contributed by atoms with Gasteiger partial charge in [0, 0.05) is 17.6 Å². The molecule has 2 aliphatic rings. The van der Waals surface area contributed by atoms with Gasteiger partial charge in [-0.15, -0.1) is 6.42 Å². The molecule has 1 aliphatic heterocycles. The van der Waals surface area contributed by atoms with E-state index < -0.39 is 0 Å². The first-order chi connectivity index (χ1) is 14.0. The van der Waals surface area contributed by atoms with Crippen molar-refractivity contribution in [2.75, 3.05) is 7.11 Å². The average Bonchev–Trinajstić information content (AvgIpc) is 3.55. The van der Waals surface area contributed by atoms with Gasteiger partial charge < -0.3 is 15.0 Å². The molecule has 2 atom stereocenters. The van der Waals surface area contributed by atoms with Crippen LogP contribution in [0.2, 0.25) is 0 Å². The molecule has 0 radical (unpaired) electrons. The summed E-state index contributed by atoms with van der Waals surface area (Å²) in [4.78, 5) is 26.7. The van der Waals surface area contributed by atoms with Gasteiger partial charge in [-0.3, -0.25) is 9.59 Å². The van der Waals surface area contributed by atoms with Crippen molar-refractivity contribution in [3.63, 3.8) is 0 Å². The molecule has 2 aromatic rings. The number of nitrogens with zero attached hydrogens (tertiary/aromatic N) is 1. The Morgan fingerprint density at radius 3 is 2.52 bits per heavy atom. The van der Waals surface area contributed by atoms with Gasteiger partial charge in [0.25, 0.3) is 11.8 Å². The average molecular weight is 388 g/mol. The predicted octanol–water partition coefficient (Wildman–Crippen LogP) is 3.08. The number of hydrogen-bond acceptors (Lipinski definition) is 3. The lowest BCUT2D eigenvalue weighted by Gasteiger charge is -2.41.